The van der Waals surface area contributed by atoms with Gasteiger partial charge in [0.15, 0.2) is 0 Å². The van der Waals surface area contributed by atoms with Gasteiger partial charge in [-0.2, -0.15) is 0 Å². The predicted molar refractivity (Wildman–Crippen MR) is 240 cm³/mol. The summed E-state index contributed by atoms with van der Waals surface area (Å²) >= 11 is 0. The number of benzene rings is 9. The maximum atomic E-state index is 6.36. The summed E-state index contributed by atoms with van der Waals surface area (Å²) in [6, 6.07) is 72.6. The molecule has 0 aliphatic heterocycles. The summed E-state index contributed by atoms with van der Waals surface area (Å²) in [5.74, 6) is 0. The van der Waals surface area contributed by atoms with Crippen LogP contribution in [0.1, 0.15) is 25.0 Å². The van der Waals surface area contributed by atoms with E-state index in [1.807, 2.05) is 6.07 Å². The van der Waals surface area contributed by atoms with Crippen LogP contribution in [-0.4, -0.2) is 0 Å². The molecule has 9 aromatic carbocycles. The van der Waals surface area contributed by atoms with Gasteiger partial charge in [-0.15, -0.1) is 0 Å². The molecule has 0 fully saturated rings. The summed E-state index contributed by atoms with van der Waals surface area (Å²) in [7, 11) is 0. The van der Waals surface area contributed by atoms with Crippen LogP contribution in [0.15, 0.2) is 205 Å². The van der Waals surface area contributed by atoms with Crippen LogP contribution in [-0.2, 0) is 5.41 Å². The molecule has 11 rings (SSSR count). The van der Waals surface area contributed by atoms with Crippen molar-refractivity contribution in [3.05, 3.63) is 211 Å². The number of nitrogens with zero attached hydrogens (tertiary/aromatic N) is 1. The van der Waals surface area contributed by atoms with Gasteiger partial charge in [-0.25, -0.2) is 0 Å². The van der Waals surface area contributed by atoms with Crippen molar-refractivity contribution in [1.29, 1.82) is 0 Å². The Hall–Kier alpha value is -7.16. The number of hydrogen-bond donors (Lipinski definition) is 0. The van der Waals surface area contributed by atoms with Crippen LogP contribution in [0.2, 0.25) is 0 Å². The van der Waals surface area contributed by atoms with Gasteiger partial charge in [0.2, 0.25) is 0 Å². The van der Waals surface area contributed by atoms with E-state index in [0.29, 0.717) is 0 Å². The van der Waals surface area contributed by atoms with Gasteiger partial charge in [-0.05, 0) is 121 Å². The van der Waals surface area contributed by atoms with Crippen LogP contribution >= 0.6 is 0 Å². The highest BCUT2D eigenvalue weighted by Crippen LogP contribution is 2.54. The Bertz CT molecular complexity index is 3150. The molecule has 0 amide bonds. The quantitative estimate of drug-likeness (QED) is 0.169. The zero-order valence-electron chi connectivity index (χ0n) is 31.9. The maximum absolute atomic E-state index is 6.36. The van der Waals surface area contributed by atoms with Gasteiger partial charge >= 0.3 is 0 Å². The second kappa shape index (κ2) is 13.0. The number of fused-ring (bicyclic) bond motifs is 8. The number of rotatable bonds is 6. The Morgan fingerprint density at radius 2 is 0.982 bits per heavy atom. The molecular formula is C55H39NO. The van der Waals surface area contributed by atoms with E-state index in [1.165, 1.54) is 77.2 Å². The van der Waals surface area contributed by atoms with Crippen LogP contribution < -0.4 is 4.90 Å². The van der Waals surface area contributed by atoms with Crippen molar-refractivity contribution >= 4 is 49.8 Å². The molecule has 57 heavy (non-hydrogen) atoms. The van der Waals surface area contributed by atoms with Gasteiger partial charge in [0.05, 0.1) is 0 Å². The standard InChI is InChI=1S/C55H39NO/c1-55(2)49-30-27-40(35-48(49)53-50(55)31-32-52-54(53)47-22-8-9-24-51(47)57-52)37-25-28-42(29-26-37)56(43-19-10-17-39(33-43)36-13-4-3-5-14-36)44-20-11-18-41(34-44)46-23-12-16-38-15-6-7-21-45(38)46/h3-35H,1-2H3. The topological polar surface area (TPSA) is 16.4 Å². The zero-order valence-corrected chi connectivity index (χ0v) is 31.9. The molecule has 0 radical (unpaired) electrons. The highest BCUT2D eigenvalue weighted by molar-refractivity contribution is 6.15. The molecule has 10 aromatic rings. The highest BCUT2D eigenvalue weighted by atomic mass is 16.3. The van der Waals surface area contributed by atoms with Gasteiger partial charge < -0.3 is 9.32 Å². The van der Waals surface area contributed by atoms with Crippen molar-refractivity contribution in [3.8, 4) is 44.5 Å². The van der Waals surface area contributed by atoms with Crippen molar-refractivity contribution in [2.75, 3.05) is 4.90 Å². The van der Waals surface area contributed by atoms with Crippen LogP contribution in [0.4, 0.5) is 17.1 Å². The van der Waals surface area contributed by atoms with E-state index in [1.54, 1.807) is 0 Å². The van der Waals surface area contributed by atoms with Gasteiger partial charge in [0.1, 0.15) is 11.2 Å². The van der Waals surface area contributed by atoms with E-state index in [9.17, 15) is 0 Å². The lowest BCUT2D eigenvalue weighted by molar-refractivity contribution is 0.656. The summed E-state index contributed by atoms with van der Waals surface area (Å²) < 4.78 is 6.36. The van der Waals surface area contributed by atoms with Crippen LogP contribution in [0.5, 0.6) is 0 Å². The number of hydrogen-bond acceptors (Lipinski definition) is 2. The van der Waals surface area contributed by atoms with E-state index in [4.69, 9.17) is 4.42 Å². The molecule has 0 N–H and O–H groups in total. The first-order valence-electron chi connectivity index (χ1n) is 19.8. The first kappa shape index (κ1) is 33.2. The average molecular weight is 730 g/mol. The Labute approximate surface area is 332 Å². The second-order valence-electron chi connectivity index (χ2n) is 15.7. The van der Waals surface area contributed by atoms with E-state index in [0.717, 1.165) is 28.2 Å². The SMILES string of the molecule is CC1(C)c2ccc(-c3ccc(N(c4cccc(-c5ccccc5)c4)c4cccc(-c5cccc6ccccc56)c4)cc3)cc2-c2c1ccc1oc3ccccc3c21. The van der Waals surface area contributed by atoms with Gasteiger partial charge in [0.25, 0.3) is 0 Å². The minimum Gasteiger partial charge on any atom is -0.456 e. The Morgan fingerprint density at radius 3 is 1.81 bits per heavy atom. The molecule has 1 aliphatic carbocycles. The molecular weight excluding hydrogens is 691 g/mol. The molecule has 1 heterocycles. The van der Waals surface area contributed by atoms with Crippen molar-refractivity contribution in [2.45, 2.75) is 19.3 Å². The van der Waals surface area contributed by atoms with E-state index in [2.05, 4.69) is 213 Å². The smallest absolute Gasteiger partial charge is 0.136 e. The predicted octanol–water partition coefficient (Wildman–Crippen LogP) is 15.5. The molecule has 0 saturated carbocycles. The minimum atomic E-state index is -0.116. The van der Waals surface area contributed by atoms with Crippen molar-refractivity contribution in [1.82, 2.24) is 0 Å². The second-order valence-corrected chi connectivity index (χ2v) is 15.7. The Balaban J connectivity index is 1.03. The fraction of sp³-hybridized carbons (Fsp3) is 0.0545. The number of anilines is 3. The third kappa shape index (κ3) is 5.40. The third-order valence-corrected chi connectivity index (χ3v) is 12.1. The monoisotopic (exact) mass is 729 g/mol. The molecule has 1 aliphatic rings. The van der Waals surface area contributed by atoms with E-state index in [-0.39, 0.29) is 5.41 Å². The largest absolute Gasteiger partial charge is 0.456 e. The molecule has 2 nitrogen and oxygen atoms in total. The van der Waals surface area contributed by atoms with Crippen LogP contribution in [0.3, 0.4) is 0 Å². The molecule has 0 spiro atoms. The first-order valence-corrected chi connectivity index (χ1v) is 19.8. The van der Waals surface area contributed by atoms with Gasteiger partial charge in [-0.3, -0.25) is 0 Å². The van der Waals surface area contributed by atoms with Crippen molar-refractivity contribution < 1.29 is 4.42 Å². The molecule has 2 heteroatoms. The molecule has 0 unspecified atom stereocenters. The van der Waals surface area contributed by atoms with Crippen LogP contribution in [0.25, 0.3) is 77.2 Å². The first-order chi connectivity index (χ1) is 28.0. The van der Waals surface area contributed by atoms with Gasteiger partial charge in [-0.1, -0.05) is 159 Å². The lowest BCUT2D eigenvalue weighted by Gasteiger charge is -2.27. The molecule has 0 atom stereocenters. The Morgan fingerprint density at radius 1 is 0.386 bits per heavy atom. The van der Waals surface area contributed by atoms with E-state index >= 15 is 0 Å². The lowest BCUT2D eigenvalue weighted by atomic mass is 9.82. The van der Waals surface area contributed by atoms with E-state index < -0.39 is 0 Å². The Kier molecular flexibility index (Phi) is 7.55. The highest BCUT2D eigenvalue weighted by Gasteiger charge is 2.37. The normalized spacial score (nSPS) is 12.9. The summed E-state index contributed by atoms with van der Waals surface area (Å²) in [6.07, 6.45) is 0. The summed E-state index contributed by atoms with van der Waals surface area (Å²) in [5, 5.41) is 4.87. The zero-order chi connectivity index (χ0) is 38.1. The number of para-hydroxylation sites is 1. The summed E-state index contributed by atoms with van der Waals surface area (Å²) in [5.41, 5.74) is 17.5. The maximum Gasteiger partial charge on any atom is 0.136 e. The van der Waals surface area contributed by atoms with Crippen molar-refractivity contribution in [2.24, 2.45) is 0 Å². The summed E-state index contributed by atoms with van der Waals surface area (Å²) in [6.45, 7) is 4.69. The van der Waals surface area contributed by atoms with Gasteiger partial charge in [0, 0.05) is 33.2 Å². The number of furan rings is 1. The fourth-order valence-corrected chi connectivity index (χ4v) is 9.23. The minimum absolute atomic E-state index is 0.116. The van der Waals surface area contributed by atoms with Crippen molar-refractivity contribution in [3.63, 3.8) is 0 Å². The molecule has 270 valence electrons. The average Bonchev–Trinajstić information content (AvgIpc) is 3.76. The lowest BCUT2D eigenvalue weighted by Crippen LogP contribution is -2.14. The molecule has 0 saturated heterocycles. The third-order valence-electron chi connectivity index (χ3n) is 12.1. The molecule has 0 bridgehead atoms. The van der Waals surface area contributed by atoms with Crippen LogP contribution in [0, 0.1) is 0 Å². The summed E-state index contributed by atoms with van der Waals surface area (Å²) in [4.78, 5) is 2.38. The molecule has 1 aromatic heterocycles. The fourth-order valence-electron chi connectivity index (χ4n) is 9.23.